The highest BCUT2D eigenvalue weighted by molar-refractivity contribution is 5.66. The van der Waals surface area contributed by atoms with Gasteiger partial charge >= 0.3 is 5.97 Å². The number of carbonyl (C=O) groups is 1. The maximum Gasteiger partial charge on any atom is 0.302 e. The van der Waals surface area contributed by atoms with Crippen LogP contribution < -0.4 is 18.9 Å². The first-order valence-electron chi connectivity index (χ1n) is 6.34. The molecule has 1 aliphatic rings. The van der Waals surface area contributed by atoms with Crippen LogP contribution in [0.15, 0.2) is 6.07 Å². The van der Waals surface area contributed by atoms with Crippen LogP contribution in [-0.2, 0) is 16.0 Å². The summed E-state index contributed by atoms with van der Waals surface area (Å²) in [5.74, 6) is 2.09. The minimum Gasteiger partial charge on any atom is -0.492 e. The Labute approximate surface area is 117 Å². The zero-order chi connectivity index (χ0) is 14.5. The van der Waals surface area contributed by atoms with Crippen LogP contribution in [0, 0.1) is 0 Å². The Morgan fingerprint density at radius 2 is 2.00 bits per heavy atom. The van der Waals surface area contributed by atoms with Gasteiger partial charge in [-0.05, 0) is 18.9 Å². The molecular formula is C14H18O6. The lowest BCUT2D eigenvalue weighted by atomic mass is 10.1. The number of fused-ring (bicyclic) bond motifs is 1. The van der Waals surface area contributed by atoms with Crippen LogP contribution in [0.2, 0.25) is 0 Å². The highest BCUT2D eigenvalue weighted by Crippen LogP contribution is 2.49. The molecule has 0 aromatic heterocycles. The van der Waals surface area contributed by atoms with E-state index in [0.717, 1.165) is 5.56 Å². The van der Waals surface area contributed by atoms with Gasteiger partial charge in [-0.2, -0.15) is 0 Å². The van der Waals surface area contributed by atoms with Crippen LogP contribution in [-0.4, -0.2) is 33.6 Å². The second-order valence-electron chi connectivity index (χ2n) is 4.28. The average molecular weight is 282 g/mol. The molecule has 0 saturated carbocycles. The molecule has 20 heavy (non-hydrogen) atoms. The Balaban J connectivity index is 2.17. The van der Waals surface area contributed by atoms with Crippen LogP contribution in [0.1, 0.15) is 18.9 Å². The lowest BCUT2D eigenvalue weighted by Gasteiger charge is -2.14. The molecule has 0 unspecified atom stereocenters. The van der Waals surface area contributed by atoms with Crippen molar-refractivity contribution in [3.8, 4) is 23.0 Å². The zero-order valence-corrected chi connectivity index (χ0v) is 11.9. The molecule has 6 nitrogen and oxygen atoms in total. The Morgan fingerprint density at radius 3 is 2.65 bits per heavy atom. The summed E-state index contributed by atoms with van der Waals surface area (Å²) in [6.07, 6.45) is 1.38. The molecule has 1 heterocycles. The van der Waals surface area contributed by atoms with Crippen molar-refractivity contribution < 1.29 is 28.5 Å². The fourth-order valence-electron chi connectivity index (χ4n) is 2.12. The summed E-state index contributed by atoms with van der Waals surface area (Å²) in [6, 6.07) is 1.87. The van der Waals surface area contributed by atoms with Gasteiger partial charge in [0.2, 0.25) is 18.3 Å². The summed E-state index contributed by atoms with van der Waals surface area (Å²) in [7, 11) is 3.14. The molecule has 0 bridgehead atoms. The number of aryl methyl sites for hydroxylation is 1. The first-order chi connectivity index (χ1) is 9.67. The normalized spacial score (nSPS) is 12.2. The Hall–Kier alpha value is -2.11. The van der Waals surface area contributed by atoms with Crippen molar-refractivity contribution in [2.45, 2.75) is 19.8 Å². The van der Waals surface area contributed by atoms with E-state index in [1.165, 1.54) is 6.92 Å². The monoisotopic (exact) mass is 282 g/mol. The average Bonchev–Trinajstić information content (AvgIpc) is 2.89. The number of methoxy groups -OCH3 is 2. The van der Waals surface area contributed by atoms with Gasteiger partial charge in [0.1, 0.15) is 0 Å². The largest absolute Gasteiger partial charge is 0.492 e. The van der Waals surface area contributed by atoms with Crippen molar-refractivity contribution in [3.63, 3.8) is 0 Å². The summed E-state index contributed by atoms with van der Waals surface area (Å²) in [6.45, 7) is 1.94. The SMILES string of the molecule is COc1c(CCCOC(C)=O)cc2c(c1OC)OCO2. The van der Waals surface area contributed by atoms with Crippen molar-refractivity contribution >= 4 is 5.97 Å². The van der Waals surface area contributed by atoms with Crippen LogP contribution >= 0.6 is 0 Å². The third kappa shape index (κ3) is 2.89. The molecule has 0 amide bonds. The minimum atomic E-state index is -0.278. The molecule has 2 rings (SSSR count). The van der Waals surface area contributed by atoms with E-state index < -0.39 is 0 Å². The lowest BCUT2D eigenvalue weighted by Crippen LogP contribution is -2.03. The van der Waals surface area contributed by atoms with E-state index in [-0.39, 0.29) is 12.8 Å². The van der Waals surface area contributed by atoms with E-state index in [1.807, 2.05) is 6.07 Å². The third-order valence-electron chi connectivity index (χ3n) is 2.95. The first kappa shape index (κ1) is 14.3. The number of benzene rings is 1. The maximum atomic E-state index is 10.7. The summed E-state index contributed by atoms with van der Waals surface area (Å²) < 4.78 is 26.4. The predicted octanol–water partition coefficient (Wildman–Crippen LogP) is 1.93. The number of carbonyl (C=O) groups excluding carboxylic acids is 1. The second kappa shape index (κ2) is 6.36. The lowest BCUT2D eigenvalue weighted by molar-refractivity contribution is -0.141. The highest BCUT2D eigenvalue weighted by atomic mass is 16.7. The van der Waals surface area contributed by atoms with Crippen LogP contribution in [0.25, 0.3) is 0 Å². The van der Waals surface area contributed by atoms with Gasteiger partial charge in [-0.15, -0.1) is 0 Å². The van der Waals surface area contributed by atoms with E-state index in [2.05, 4.69) is 0 Å². The van der Waals surface area contributed by atoms with Gasteiger partial charge in [-0.25, -0.2) is 0 Å². The highest BCUT2D eigenvalue weighted by Gasteiger charge is 2.25. The summed E-state index contributed by atoms with van der Waals surface area (Å²) in [5, 5.41) is 0. The van der Waals surface area contributed by atoms with E-state index >= 15 is 0 Å². The van der Waals surface area contributed by atoms with Crippen LogP contribution in [0.3, 0.4) is 0 Å². The van der Waals surface area contributed by atoms with Gasteiger partial charge < -0.3 is 23.7 Å². The van der Waals surface area contributed by atoms with Crippen LogP contribution in [0.5, 0.6) is 23.0 Å². The Kier molecular flexibility index (Phi) is 4.55. The van der Waals surface area contributed by atoms with Gasteiger partial charge in [0.25, 0.3) is 0 Å². The van der Waals surface area contributed by atoms with E-state index in [0.29, 0.717) is 42.4 Å². The summed E-state index contributed by atoms with van der Waals surface area (Å²) in [4.78, 5) is 10.7. The fraction of sp³-hybridized carbons (Fsp3) is 0.500. The molecule has 0 radical (unpaired) electrons. The summed E-state index contributed by atoms with van der Waals surface area (Å²) >= 11 is 0. The molecule has 0 fully saturated rings. The molecule has 0 spiro atoms. The molecule has 0 atom stereocenters. The molecule has 6 heteroatoms. The predicted molar refractivity (Wildman–Crippen MR) is 70.6 cm³/mol. The Bertz CT molecular complexity index is 497. The third-order valence-corrected chi connectivity index (χ3v) is 2.95. The number of hydrogen-bond donors (Lipinski definition) is 0. The number of hydrogen-bond acceptors (Lipinski definition) is 6. The fourth-order valence-corrected chi connectivity index (χ4v) is 2.12. The van der Waals surface area contributed by atoms with Gasteiger partial charge in [0.15, 0.2) is 11.5 Å². The standard InChI is InChI=1S/C14H18O6/c1-9(15)18-6-4-5-10-7-11-13(20-8-19-11)14(17-3)12(10)16-2/h7H,4-6,8H2,1-3H3. The molecule has 1 aliphatic heterocycles. The minimum absolute atomic E-state index is 0.172. The van der Waals surface area contributed by atoms with Gasteiger partial charge in [-0.1, -0.05) is 0 Å². The van der Waals surface area contributed by atoms with Crippen molar-refractivity contribution in [3.05, 3.63) is 11.6 Å². The molecule has 0 aliphatic carbocycles. The second-order valence-corrected chi connectivity index (χ2v) is 4.28. The number of rotatable bonds is 6. The summed E-state index contributed by atoms with van der Waals surface area (Å²) in [5.41, 5.74) is 0.931. The van der Waals surface area contributed by atoms with E-state index in [1.54, 1.807) is 14.2 Å². The zero-order valence-electron chi connectivity index (χ0n) is 11.9. The van der Waals surface area contributed by atoms with Crippen molar-refractivity contribution in [2.75, 3.05) is 27.6 Å². The molecule has 1 aromatic carbocycles. The smallest absolute Gasteiger partial charge is 0.302 e. The molecule has 0 saturated heterocycles. The maximum absolute atomic E-state index is 10.7. The van der Waals surface area contributed by atoms with Gasteiger partial charge in [-0.3, -0.25) is 4.79 Å². The quantitative estimate of drug-likeness (QED) is 0.587. The molecule has 1 aromatic rings. The number of ether oxygens (including phenoxy) is 5. The van der Waals surface area contributed by atoms with Crippen molar-refractivity contribution in [1.29, 1.82) is 0 Å². The molecular weight excluding hydrogens is 264 g/mol. The molecule has 0 N–H and O–H groups in total. The van der Waals surface area contributed by atoms with Crippen molar-refractivity contribution in [2.24, 2.45) is 0 Å². The van der Waals surface area contributed by atoms with Gasteiger partial charge in [0, 0.05) is 12.5 Å². The topological polar surface area (TPSA) is 63.2 Å². The Morgan fingerprint density at radius 1 is 1.25 bits per heavy atom. The van der Waals surface area contributed by atoms with E-state index in [4.69, 9.17) is 23.7 Å². The van der Waals surface area contributed by atoms with Gasteiger partial charge in [0.05, 0.1) is 20.8 Å². The number of esters is 1. The first-order valence-corrected chi connectivity index (χ1v) is 6.34. The van der Waals surface area contributed by atoms with Crippen LogP contribution in [0.4, 0.5) is 0 Å². The van der Waals surface area contributed by atoms with E-state index in [9.17, 15) is 4.79 Å². The van der Waals surface area contributed by atoms with Crippen molar-refractivity contribution in [1.82, 2.24) is 0 Å². The molecule has 110 valence electrons.